The first-order valence-corrected chi connectivity index (χ1v) is 16.4. The van der Waals surface area contributed by atoms with Gasteiger partial charge in [0.25, 0.3) is 0 Å². The number of imidazole rings is 1. The van der Waals surface area contributed by atoms with E-state index in [-0.39, 0.29) is 5.16 Å². The van der Waals surface area contributed by atoms with Gasteiger partial charge in [0.15, 0.2) is 0 Å². The van der Waals surface area contributed by atoms with Gasteiger partial charge in [-0.05, 0) is 39.8 Å². The van der Waals surface area contributed by atoms with Crippen LogP contribution in [0, 0.1) is 0 Å². The summed E-state index contributed by atoms with van der Waals surface area (Å²) in [4.78, 5) is 4.40. The van der Waals surface area contributed by atoms with E-state index in [4.69, 9.17) is 7.85 Å². The summed E-state index contributed by atoms with van der Waals surface area (Å²) in [5, 5.41) is 1.26. The van der Waals surface area contributed by atoms with Crippen molar-refractivity contribution >= 4 is 28.1 Å². The summed E-state index contributed by atoms with van der Waals surface area (Å²) < 4.78 is 2.31. The minimum Gasteiger partial charge on any atom is -0.326 e. The van der Waals surface area contributed by atoms with E-state index in [1.165, 1.54) is 28.3 Å². The summed E-state index contributed by atoms with van der Waals surface area (Å²) in [5.74, 6) is 1.66. The van der Waals surface area contributed by atoms with Crippen molar-refractivity contribution in [2.24, 2.45) is 0 Å². The van der Waals surface area contributed by atoms with E-state index in [9.17, 15) is 0 Å². The quantitative estimate of drug-likeness (QED) is 0.166. The lowest BCUT2D eigenvalue weighted by Crippen LogP contribution is -2.46. The molecule has 0 fully saturated rings. The van der Waals surface area contributed by atoms with Crippen LogP contribution in [-0.4, -0.2) is 26.9 Å². The van der Waals surface area contributed by atoms with Crippen LogP contribution in [0.4, 0.5) is 0 Å². The molecule has 1 heterocycles. The molecule has 43 heavy (non-hydrogen) atoms. The average molecular weight is 573 g/mol. The Kier molecular flexibility index (Phi) is 10.4. The molecule has 0 bridgehead atoms. The Balaban J connectivity index is 0.000000207. The lowest BCUT2D eigenvalue weighted by molar-refractivity contribution is 0.596. The van der Waals surface area contributed by atoms with Gasteiger partial charge in [0, 0.05) is 12.4 Å². The maximum Gasteiger partial charge on any atom is 0.103 e. The number of hydrogen-bond donors (Lipinski definition) is 0. The second-order valence-corrected chi connectivity index (χ2v) is 12.8. The third-order valence-corrected chi connectivity index (χ3v) is 10.4. The van der Waals surface area contributed by atoms with Gasteiger partial charge in [-0.25, -0.2) is 4.98 Å². The van der Waals surface area contributed by atoms with Gasteiger partial charge in [0.05, 0.1) is 21.0 Å². The molecule has 1 aromatic heterocycles. The van der Waals surface area contributed by atoms with Gasteiger partial charge >= 0.3 is 0 Å². The largest absolute Gasteiger partial charge is 0.326 e. The fraction of sp³-hybridized carbons (Fsp3) is 0.103. The van der Waals surface area contributed by atoms with Crippen LogP contribution in [-0.2, 0) is 11.6 Å². The van der Waals surface area contributed by atoms with E-state index < -0.39 is 9.52 Å². The molecule has 0 saturated carbocycles. The molecule has 0 amide bonds. The highest BCUT2D eigenvalue weighted by atomic mass is 28.2. The first kappa shape index (κ1) is 29.8. The number of nitrogens with zero attached hydrogens (tertiary/aromatic N) is 2. The number of hydrogen-bond acceptors (Lipinski definition) is 1. The molecule has 0 aliphatic heterocycles. The molecule has 0 unspecified atom stereocenters. The van der Waals surface area contributed by atoms with Crippen molar-refractivity contribution in [2.75, 3.05) is 0 Å². The summed E-state index contributed by atoms with van der Waals surface area (Å²) in [6.45, 7) is 2.23. The molecule has 0 aliphatic rings. The molecule has 6 aromatic rings. The Hall–Kier alpha value is -4.67. The molecular formula is C39H37BN2Si. The smallest absolute Gasteiger partial charge is 0.103 e. The van der Waals surface area contributed by atoms with Crippen LogP contribution in [0.5, 0.6) is 0 Å². The molecule has 2 radical (unpaired) electrons. The average Bonchev–Trinajstić information content (AvgIpc) is 3.63. The third-order valence-electron chi connectivity index (χ3n) is 7.81. The fourth-order valence-electron chi connectivity index (χ4n) is 5.68. The Bertz CT molecular complexity index is 1590. The molecule has 5 aromatic carbocycles. The minimum absolute atomic E-state index is 0.203. The van der Waals surface area contributed by atoms with Crippen molar-refractivity contribution in [3.63, 3.8) is 0 Å². The second-order valence-electron chi connectivity index (χ2n) is 10.6. The van der Waals surface area contributed by atoms with Gasteiger partial charge in [0.2, 0.25) is 0 Å². The number of rotatable bonds is 9. The highest BCUT2D eigenvalue weighted by Crippen LogP contribution is 2.33. The molecule has 210 valence electrons. The Morgan fingerprint density at radius 1 is 0.698 bits per heavy atom. The van der Waals surface area contributed by atoms with Crippen LogP contribution in [0.3, 0.4) is 0 Å². The molecule has 0 spiro atoms. The summed E-state index contributed by atoms with van der Waals surface area (Å²) in [6, 6.07) is 51.4. The first-order valence-electron chi connectivity index (χ1n) is 14.9. The normalized spacial score (nSPS) is 11.1. The summed E-state index contributed by atoms with van der Waals surface area (Å²) in [5.41, 5.74) is 7.42. The van der Waals surface area contributed by atoms with Crippen LogP contribution in [0.2, 0.25) is 0 Å². The SMILES string of the molecule is CCCc1ccc([SiH2]C(c2ccccc2)(c2ccccc2)n2ccnc2)cc1.[B]C=C(c1ccccc1)c1ccccc1. The van der Waals surface area contributed by atoms with Gasteiger partial charge in [-0.2, -0.15) is 0 Å². The lowest BCUT2D eigenvalue weighted by atomic mass is 9.92. The van der Waals surface area contributed by atoms with Gasteiger partial charge in [-0.15, -0.1) is 5.98 Å². The van der Waals surface area contributed by atoms with Gasteiger partial charge < -0.3 is 4.57 Å². The third kappa shape index (κ3) is 7.22. The zero-order valence-corrected chi connectivity index (χ0v) is 26.2. The van der Waals surface area contributed by atoms with E-state index >= 15 is 0 Å². The van der Waals surface area contributed by atoms with Crippen LogP contribution in [0.1, 0.15) is 41.2 Å². The van der Waals surface area contributed by atoms with E-state index in [1.54, 1.807) is 5.98 Å². The number of aromatic nitrogens is 2. The Labute approximate surface area is 260 Å². The molecule has 4 heteroatoms. The Morgan fingerprint density at radius 3 is 1.60 bits per heavy atom. The van der Waals surface area contributed by atoms with E-state index in [1.807, 2.05) is 48.9 Å². The molecular weight excluding hydrogens is 535 g/mol. The van der Waals surface area contributed by atoms with Crippen molar-refractivity contribution < 1.29 is 0 Å². The number of aryl methyl sites for hydroxylation is 1. The van der Waals surface area contributed by atoms with E-state index in [0.29, 0.717) is 0 Å². The molecule has 2 nitrogen and oxygen atoms in total. The Morgan fingerprint density at radius 2 is 1.19 bits per heavy atom. The maximum absolute atomic E-state index is 5.67. The summed E-state index contributed by atoms with van der Waals surface area (Å²) >= 11 is 0. The van der Waals surface area contributed by atoms with Crippen LogP contribution >= 0.6 is 0 Å². The zero-order chi connectivity index (χ0) is 29.7. The van der Waals surface area contributed by atoms with Crippen molar-refractivity contribution in [1.29, 1.82) is 0 Å². The van der Waals surface area contributed by atoms with Crippen molar-refractivity contribution in [3.05, 3.63) is 198 Å². The summed E-state index contributed by atoms with van der Waals surface area (Å²) in [7, 11) is 4.90. The fourth-order valence-corrected chi connectivity index (χ4v) is 7.99. The van der Waals surface area contributed by atoms with Crippen LogP contribution in [0.15, 0.2) is 170 Å². The van der Waals surface area contributed by atoms with Gasteiger partial charge in [-0.1, -0.05) is 164 Å². The molecule has 0 aliphatic carbocycles. The van der Waals surface area contributed by atoms with E-state index in [0.717, 1.165) is 23.1 Å². The number of benzene rings is 5. The van der Waals surface area contributed by atoms with E-state index in [2.05, 4.69) is 132 Å². The predicted octanol–water partition coefficient (Wildman–Crippen LogP) is 7.32. The maximum atomic E-state index is 5.67. The van der Waals surface area contributed by atoms with Crippen LogP contribution < -0.4 is 5.19 Å². The predicted molar refractivity (Wildman–Crippen MR) is 186 cm³/mol. The molecule has 0 N–H and O–H groups in total. The minimum atomic E-state index is -0.777. The van der Waals surface area contributed by atoms with Gasteiger partial charge in [-0.3, -0.25) is 0 Å². The second kappa shape index (κ2) is 15.0. The molecule has 0 atom stereocenters. The van der Waals surface area contributed by atoms with Crippen molar-refractivity contribution in [1.82, 2.24) is 9.55 Å². The first-order chi connectivity index (χ1) is 21.2. The molecule has 0 saturated heterocycles. The van der Waals surface area contributed by atoms with Crippen molar-refractivity contribution in [2.45, 2.75) is 24.9 Å². The lowest BCUT2D eigenvalue weighted by Gasteiger charge is -2.37. The highest BCUT2D eigenvalue weighted by Gasteiger charge is 2.36. The zero-order valence-electron chi connectivity index (χ0n) is 24.8. The topological polar surface area (TPSA) is 17.8 Å². The van der Waals surface area contributed by atoms with Crippen LogP contribution in [0.25, 0.3) is 5.57 Å². The summed E-state index contributed by atoms with van der Waals surface area (Å²) in [6.07, 6.45) is 8.30. The van der Waals surface area contributed by atoms with Gasteiger partial charge in [0.1, 0.15) is 7.85 Å². The highest BCUT2D eigenvalue weighted by molar-refractivity contribution is 6.57. The molecule has 6 rings (SSSR count). The van der Waals surface area contributed by atoms with Crippen molar-refractivity contribution in [3.8, 4) is 0 Å². The monoisotopic (exact) mass is 572 g/mol. The standard InChI is InChI=1S/C25H26N2Si.C14H11B/c1-2-9-21-14-16-24(17-15-21)28-25(27-19-18-26-20-27,22-10-5-3-6-11-22)23-12-7-4-8-13-23;15-11-14(12-7-3-1-4-8-12)13-9-5-2-6-10-13/h3-8,10-20H,2,9,28H2,1H3;1-11H.